The van der Waals surface area contributed by atoms with Crippen LogP contribution in [0.15, 0.2) is 72.8 Å². The maximum absolute atomic E-state index is 13.3. The van der Waals surface area contributed by atoms with Crippen LogP contribution in [-0.4, -0.2) is 21.0 Å². The number of hydrogen-bond acceptors (Lipinski definition) is 3. The molecule has 0 saturated heterocycles. The lowest BCUT2D eigenvalue weighted by Gasteiger charge is -2.12. The number of para-hydroxylation sites is 2. The Kier molecular flexibility index (Phi) is 5.31. The number of phenols is 1. The summed E-state index contributed by atoms with van der Waals surface area (Å²) in [5.41, 5.74) is 7.19. The lowest BCUT2D eigenvalue weighted by Crippen LogP contribution is -2.16. The van der Waals surface area contributed by atoms with Crippen molar-refractivity contribution in [2.75, 3.05) is 5.32 Å². The molecule has 3 aromatic carbocycles. The van der Waals surface area contributed by atoms with E-state index in [1.165, 1.54) is 0 Å². The monoisotopic (exact) mass is 435 g/mol. The lowest BCUT2D eigenvalue weighted by molar-refractivity contribution is 0.102. The van der Waals surface area contributed by atoms with Crippen LogP contribution in [0.4, 0.5) is 5.69 Å². The summed E-state index contributed by atoms with van der Waals surface area (Å²) in [5.74, 6) is 0.0329. The van der Waals surface area contributed by atoms with Crippen LogP contribution in [-0.2, 0) is 12.8 Å². The van der Waals surface area contributed by atoms with Gasteiger partial charge >= 0.3 is 0 Å². The van der Waals surface area contributed by atoms with Gasteiger partial charge in [-0.3, -0.25) is 4.79 Å². The van der Waals surface area contributed by atoms with E-state index in [-0.39, 0.29) is 11.7 Å². The normalized spacial score (nSPS) is 11.2. The van der Waals surface area contributed by atoms with Crippen molar-refractivity contribution < 1.29 is 9.90 Å². The van der Waals surface area contributed by atoms with Crippen LogP contribution < -0.4 is 5.32 Å². The molecule has 5 nitrogen and oxygen atoms in total. The fourth-order valence-corrected chi connectivity index (χ4v) is 4.32. The van der Waals surface area contributed by atoms with E-state index in [0.717, 1.165) is 56.3 Å². The molecule has 0 spiro atoms. The zero-order valence-electron chi connectivity index (χ0n) is 18.6. The van der Waals surface area contributed by atoms with E-state index in [1.54, 1.807) is 12.1 Å². The number of aromatic nitrogens is 2. The number of hydrogen-bond donors (Lipinski definition) is 3. The van der Waals surface area contributed by atoms with Crippen LogP contribution in [0.1, 0.15) is 32.9 Å². The summed E-state index contributed by atoms with van der Waals surface area (Å²) in [7, 11) is 0. The molecular formula is C28H25N3O2. The standard InChI is InChI=1S/C28H25N3O2/c1-17-6-5-7-18(2)26(17)31-28(33)25-16-22-21-8-3-4-9-23(21)30-27(22)24(29-25)15-12-19-10-13-20(32)14-11-19/h3-11,13-14,16,30,32H,12,15H2,1-2H3,(H,31,33). The van der Waals surface area contributed by atoms with Crippen LogP contribution in [0.25, 0.3) is 21.8 Å². The van der Waals surface area contributed by atoms with Gasteiger partial charge in [0.2, 0.25) is 0 Å². The predicted molar refractivity (Wildman–Crippen MR) is 133 cm³/mol. The molecule has 0 atom stereocenters. The predicted octanol–water partition coefficient (Wildman–Crippen LogP) is 6.08. The van der Waals surface area contributed by atoms with Gasteiger partial charge in [-0.25, -0.2) is 4.98 Å². The number of aryl methyl sites for hydroxylation is 4. The zero-order valence-corrected chi connectivity index (χ0v) is 18.6. The summed E-state index contributed by atoms with van der Waals surface area (Å²) in [5, 5.41) is 14.7. The van der Waals surface area contributed by atoms with Crippen LogP contribution in [0.5, 0.6) is 5.75 Å². The molecule has 5 rings (SSSR count). The maximum Gasteiger partial charge on any atom is 0.274 e. The Morgan fingerprint density at radius 3 is 2.39 bits per heavy atom. The number of pyridine rings is 1. The second-order valence-corrected chi connectivity index (χ2v) is 8.43. The highest BCUT2D eigenvalue weighted by molar-refractivity contribution is 6.12. The lowest BCUT2D eigenvalue weighted by atomic mass is 10.0. The Hall–Kier alpha value is -4.12. The first-order valence-corrected chi connectivity index (χ1v) is 11.1. The van der Waals surface area contributed by atoms with Crippen LogP contribution in [0.3, 0.4) is 0 Å². The maximum atomic E-state index is 13.3. The summed E-state index contributed by atoms with van der Waals surface area (Å²) in [6, 6.07) is 23.1. The summed E-state index contributed by atoms with van der Waals surface area (Å²) in [6.45, 7) is 3.98. The fraction of sp³-hybridized carbons (Fsp3) is 0.143. The van der Waals surface area contributed by atoms with Gasteiger partial charge in [0.1, 0.15) is 11.4 Å². The van der Waals surface area contributed by atoms with Crippen molar-refractivity contribution in [3.05, 3.63) is 101 Å². The molecule has 0 aliphatic heterocycles. The molecule has 5 heteroatoms. The number of aromatic amines is 1. The Labute approximate surface area is 192 Å². The molecular weight excluding hydrogens is 410 g/mol. The van der Waals surface area contributed by atoms with Gasteiger partial charge in [-0.05, 0) is 67.6 Å². The second kappa shape index (κ2) is 8.43. The first kappa shape index (κ1) is 20.8. The number of nitrogens with one attached hydrogen (secondary N) is 2. The van der Waals surface area contributed by atoms with Crippen molar-refractivity contribution in [3.8, 4) is 5.75 Å². The Morgan fingerprint density at radius 1 is 0.909 bits per heavy atom. The molecule has 0 fully saturated rings. The van der Waals surface area contributed by atoms with E-state index >= 15 is 0 Å². The molecule has 0 aliphatic carbocycles. The number of H-pyrrole nitrogens is 1. The SMILES string of the molecule is Cc1cccc(C)c1NC(=O)c1cc2c([nH]c3ccccc32)c(CCc2ccc(O)cc2)n1. The van der Waals surface area contributed by atoms with Crippen LogP contribution in [0.2, 0.25) is 0 Å². The van der Waals surface area contributed by atoms with Crippen LogP contribution >= 0.6 is 0 Å². The van der Waals surface area contributed by atoms with E-state index in [0.29, 0.717) is 12.1 Å². The number of carbonyl (C=O) groups is 1. The second-order valence-electron chi connectivity index (χ2n) is 8.43. The van der Waals surface area contributed by atoms with Gasteiger partial charge in [0.15, 0.2) is 0 Å². The van der Waals surface area contributed by atoms with Gasteiger partial charge in [-0.15, -0.1) is 0 Å². The van der Waals surface area contributed by atoms with E-state index in [9.17, 15) is 9.90 Å². The smallest absolute Gasteiger partial charge is 0.274 e. The Bertz CT molecular complexity index is 1460. The number of fused-ring (bicyclic) bond motifs is 3. The van der Waals surface area contributed by atoms with Gasteiger partial charge in [0, 0.05) is 22.0 Å². The summed E-state index contributed by atoms with van der Waals surface area (Å²) in [6.07, 6.45) is 1.42. The zero-order chi connectivity index (χ0) is 22.9. The quantitative estimate of drug-likeness (QED) is 0.313. The molecule has 0 aliphatic rings. The van der Waals surface area contributed by atoms with Crippen molar-refractivity contribution in [1.82, 2.24) is 9.97 Å². The van der Waals surface area contributed by atoms with Gasteiger partial charge in [-0.2, -0.15) is 0 Å². The first-order chi connectivity index (χ1) is 16.0. The van der Waals surface area contributed by atoms with Crippen molar-refractivity contribution in [3.63, 3.8) is 0 Å². The third kappa shape index (κ3) is 4.05. The van der Waals surface area contributed by atoms with Crippen molar-refractivity contribution in [2.45, 2.75) is 26.7 Å². The van der Waals surface area contributed by atoms with Crippen molar-refractivity contribution in [2.24, 2.45) is 0 Å². The molecule has 2 heterocycles. The minimum absolute atomic E-state index is 0.217. The molecule has 33 heavy (non-hydrogen) atoms. The largest absolute Gasteiger partial charge is 0.508 e. The summed E-state index contributed by atoms with van der Waals surface area (Å²) < 4.78 is 0. The average molecular weight is 436 g/mol. The highest BCUT2D eigenvalue weighted by atomic mass is 16.3. The molecule has 0 radical (unpaired) electrons. The Balaban J connectivity index is 1.56. The number of phenolic OH excluding ortho intramolecular Hbond substituents is 1. The fourth-order valence-electron chi connectivity index (χ4n) is 4.32. The van der Waals surface area contributed by atoms with E-state index in [2.05, 4.69) is 16.4 Å². The molecule has 0 unspecified atom stereocenters. The number of benzene rings is 3. The van der Waals surface area contributed by atoms with E-state index in [1.807, 2.05) is 68.4 Å². The van der Waals surface area contributed by atoms with E-state index in [4.69, 9.17) is 4.98 Å². The third-order valence-electron chi connectivity index (χ3n) is 6.11. The van der Waals surface area contributed by atoms with Crippen molar-refractivity contribution >= 4 is 33.4 Å². The van der Waals surface area contributed by atoms with Gasteiger partial charge in [0.25, 0.3) is 5.91 Å². The van der Waals surface area contributed by atoms with E-state index < -0.39 is 0 Å². The minimum Gasteiger partial charge on any atom is -0.508 e. The Morgan fingerprint density at radius 2 is 1.64 bits per heavy atom. The molecule has 5 aromatic rings. The van der Waals surface area contributed by atoms with Gasteiger partial charge in [-0.1, -0.05) is 48.5 Å². The highest BCUT2D eigenvalue weighted by Crippen LogP contribution is 2.29. The topological polar surface area (TPSA) is 78.0 Å². The number of rotatable bonds is 5. The minimum atomic E-state index is -0.217. The number of carbonyl (C=O) groups excluding carboxylic acids is 1. The molecule has 0 bridgehead atoms. The van der Waals surface area contributed by atoms with Gasteiger partial charge < -0.3 is 15.4 Å². The first-order valence-electron chi connectivity index (χ1n) is 11.1. The molecule has 164 valence electrons. The molecule has 1 amide bonds. The van der Waals surface area contributed by atoms with Gasteiger partial charge in [0.05, 0.1) is 11.2 Å². The highest BCUT2D eigenvalue weighted by Gasteiger charge is 2.17. The number of nitrogens with zero attached hydrogens (tertiary/aromatic N) is 1. The molecule has 3 N–H and O–H groups in total. The summed E-state index contributed by atoms with van der Waals surface area (Å²) in [4.78, 5) is 21.6. The number of amides is 1. The number of aromatic hydroxyl groups is 1. The van der Waals surface area contributed by atoms with Crippen molar-refractivity contribution in [1.29, 1.82) is 0 Å². The summed E-state index contributed by atoms with van der Waals surface area (Å²) >= 11 is 0. The average Bonchev–Trinajstić information content (AvgIpc) is 3.20. The molecule has 2 aromatic heterocycles. The third-order valence-corrected chi connectivity index (χ3v) is 6.11. The number of anilines is 1. The molecule has 0 saturated carbocycles. The van der Waals surface area contributed by atoms with Crippen LogP contribution in [0, 0.1) is 13.8 Å².